The molecule has 23 heavy (non-hydrogen) atoms. The quantitative estimate of drug-likeness (QED) is 0.540. The Bertz CT molecular complexity index is 719. The number of nitrogens with two attached hydrogens (primary N) is 1. The maximum atomic E-state index is 12.2. The topological polar surface area (TPSA) is 63.3 Å². The monoisotopic (exact) mass is 397 g/mol. The molecule has 0 fully saturated rings. The Morgan fingerprint density at radius 2 is 1.65 bits per heavy atom. The molecule has 0 radical (unpaired) electrons. The average molecular weight is 398 g/mol. The molecule has 0 spiro atoms. The number of benzene rings is 2. The van der Waals surface area contributed by atoms with Gasteiger partial charge < -0.3 is 10.8 Å². The molecule has 2 rings (SSSR count). The minimum atomic E-state index is -4.48. The van der Waals surface area contributed by atoms with E-state index in [9.17, 15) is 26.7 Å². The molecular formula is C14H9BrF5NO2. The first kappa shape index (κ1) is 18.9. The number of hydrogen-bond acceptors (Lipinski definition) is 2. The maximum Gasteiger partial charge on any atom is 0.417 e. The summed E-state index contributed by atoms with van der Waals surface area (Å²) < 4.78 is 60.5. The Morgan fingerprint density at radius 3 is 2.04 bits per heavy atom. The SMILES string of the molecule is Nc1ccc(F)c(F)c1.O=C(O)c1ccc(C(F)(F)F)c(Br)c1. The lowest BCUT2D eigenvalue weighted by Crippen LogP contribution is -2.07. The van der Waals surface area contributed by atoms with Crippen molar-refractivity contribution in [2.45, 2.75) is 6.18 Å². The number of halogens is 6. The van der Waals surface area contributed by atoms with Gasteiger partial charge in [0.2, 0.25) is 0 Å². The van der Waals surface area contributed by atoms with Gasteiger partial charge in [-0.25, -0.2) is 13.6 Å². The summed E-state index contributed by atoms with van der Waals surface area (Å²) in [5.41, 5.74) is 4.27. The van der Waals surface area contributed by atoms with E-state index in [1.54, 1.807) is 0 Å². The fraction of sp³-hybridized carbons (Fsp3) is 0.0714. The molecule has 0 amide bonds. The normalized spacial score (nSPS) is 10.7. The van der Waals surface area contributed by atoms with E-state index in [1.807, 2.05) is 0 Å². The van der Waals surface area contributed by atoms with Gasteiger partial charge in [0.15, 0.2) is 11.6 Å². The highest BCUT2D eigenvalue weighted by Gasteiger charge is 2.33. The summed E-state index contributed by atoms with van der Waals surface area (Å²) in [6.07, 6.45) is -4.48. The van der Waals surface area contributed by atoms with E-state index in [-0.39, 0.29) is 15.7 Å². The van der Waals surface area contributed by atoms with Crippen LogP contribution in [0.5, 0.6) is 0 Å². The molecule has 0 bridgehead atoms. The number of rotatable bonds is 1. The summed E-state index contributed by atoms with van der Waals surface area (Å²) in [5.74, 6) is -3.04. The summed E-state index contributed by atoms with van der Waals surface area (Å²) in [5, 5.41) is 8.50. The van der Waals surface area contributed by atoms with Crippen LogP contribution in [0.3, 0.4) is 0 Å². The summed E-state index contributed by atoms with van der Waals surface area (Å²) in [6.45, 7) is 0. The molecule has 2 aromatic rings. The van der Waals surface area contributed by atoms with Gasteiger partial charge in [0.1, 0.15) is 0 Å². The first-order valence-corrected chi connectivity index (χ1v) is 6.62. The van der Waals surface area contributed by atoms with Crippen LogP contribution in [0.15, 0.2) is 40.9 Å². The second kappa shape index (κ2) is 7.40. The molecule has 124 valence electrons. The van der Waals surface area contributed by atoms with Gasteiger partial charge in [0, 0.05) is 10.2 Å². The van der Waals surface area contributed by atoms with Crippen LogP contribution in [-0.4, -0.2) is 11.1 Å². The Hall–Kier alpha value is -2.16. The van der Waals surface area contributed by atoms with Crippen LogP contribution < -0.4 is 5.73 Å². The molecule has 0 aliphatic heterocycles. The molecule has 0 aromatic heterocycles. The zero-order chi connectivity index (χ0) is 17.8. The zero-order valence-corrected chi connectivity index (χ0v) is 12.8. The van der Waals surface area contributed by atoms with E-state index in [1.165, 1.54) is 6.07 Å². The predicted molar refractivity (Wildman–Crippen MR) is 76.9 cm³/mol. The number of aromatic carboxylic acids is 1. The standard InChI is InChI=1S/C8H4BrF3O2.C6H5F2N/c9-6-3-4(7(13)14)1-2-5(6)8(10,11)12;7-5-2-1-4(9)3-6(5)8/h1-3H,(H,13,14);1-3H,9H2. The molecule has 0 saturated carbocycles. The van der Waals surface area contributed by atoms with Crippen molar-refractivity contribution in [1.29, 1.82) is 0 Å². The molecule has 0 aliphatic carbocycles. The van der Waals surface area contributed by atoms with E-state index >= 15 is 0 Å². The first-order chi connectivity index (χ1) is 10.5. The summed E-state index contributed by atoms with van der Waals surface area (Å²) >= 11 is 2.67. The number of carboxylic acids is 1. The van der Waals surface area contributed by atoms with Crippen LogP contribution in [0.2, 0.25) is 0 Å². The van der Waals surface area contributed by atoms with Crippen molar-refractivity contribution >= 4 is 27.6 Å². The summed E-state index contributed by atoms with van der Waals surface area (Å²) in [4.78, 5) is 10.4. The lowest BCUT2D eigenvalue weighted by atomic mass is 10.1. The smallest absolute Gasteiger partial charge is 0.417 e. The van der Waals surface area contributed by atoms with Gasteiger partial charge >= 0.3 is 12.1 Å². The van der Waals surface area contributed by atoms with Gasteiger partial charge in [0.05, 0.1) is 11.1 Å². The molecule has 0 heterocycles. The second-order valence-electron chi connectivity index (χ2n) is 4.17. The average Bonchev–Trinajstić information content (AvgIpc) is 2.42. The van der Waals surface area contributed by atoms with Crippen molar-refractivity contribution in [3.8, 4) is 0 Å². The van der Waals surface area contributed by atoms with E-state index in [0.717, 1.165) is 30.3 Å². The molecule has 9 heteroatoms. The van der Waals surface area contributed by atoms with Crippen molar-refractivity contribution in [3.05, 3.63) is 63.6 Å². The van der Waals surface area contributed by atoms with Crippen LogP contribution in [-0.2, 0) is 6.18 Å². The Kier molecular flexibility index (Phi) is 6.08. The minimum absolute atomic E-state index is 0.190. The van der Waals surface area contributed by atoms with Gasteiger partial charge in [-0.3, -0.25) is 0 Å². The summed E-state index contributed by atoms with van der Waals surface area (Å²) in [6, 6.07) is 5.80. The van der Waals surface area contributed by atoms with Gasteiger partial charge in [-0.2, -0.15) is 13.2 Å². The van der Waals surface area contributed by atoms with Crippen molar-refractivity contribution in [1.82, 2.24) is 0 Å². The predicted octanol–water partition coefficient (Wildman–Crippen LogP) is 4.71. The molecule has 0 unspecified atom stereocenters. The molecule has 0 saturated heterocycles. The number of hydrogen-bond donors (Lipinski definition) is 2. The Labute approximate surface area is 135 Å². The third kappa shape index (κ3) is 5.51. The number of carbonyl (C=O) groups is 1. The number of nitrogen functional groups attached to an aromatic ring is 1. The lowest BCUT2D eigenvalue weighted by Gasteiger charge is -2.08. The van der Waals surface area contributed by atoms with Gasteiger partial charge in [0.25, 0.3) is 0 Å². The molecule has 0 aliphatic rings. The fourth-order valence-corrected chi connectivity index (χ4v) is 1.99. The molecule has 3 nitrogen and oxygen atoms in total. The van der Waals surface area contributed by atoms with E-state index < -0.39 is 29.3 Å². The molecule has 0 atom stereocenters. The fourth-order valence-electron chi connectivity index (χ4n) is 1.39. The van der Waals surface area contributed by atoms with Crippen LogP contribution in [0, 0.1) is 11.6 Å². The highest BCUT2D eigenvalue weighted by molar-refractivity contribution is 9.10. The maximum absolute atomic E-state index is 12.2. The second-order valence-corrected chi connectivity index (χ2v) is 5.03. The number of carboxylic acid groups (broad SMARTS) is 1. The lowest BCUT2D eigenvalue weighted by molar-refractivity contribution is -0.138. The van der Waals surface area contributed by atoms with Crippen LogP contribution in [0.1, 0.15) is 15.9 Å². The highest BCUT2D eigenvalue weighted by atomic mass is 79.9. The van der Waals surface area contributed by atoms with Gasteiger partial charge in [-0.05, 0) is 36.4 Å². The first-order valence-electron chi connectivity index (χ1n) is 5.83. The minimum Gasteiger partial charge on any atom is -0.478 e. The van der Waals surface area contributed by atoms with E-state index in [0.29, 0.717) is 0 Å². The van der Waals surface area contributed by atoms with E-state index in [4.69, 9.17) is 10.8 Å². The van der Waals surface area contributed by atoms with Crippen molar-refractivity contribution in [2.75, 3.05) is 5.73 Å². The van der Waals surface area contributed by atoms with E-state index in [2.05, 4.69) is 15.9 Å². The highest BCUT2D eigenvalue weighted by Crippen LogP contribution is 2.35. The number of alkyl halides is 3. The van der Waals surface area contributed by atoms with Crippen LogP contribution in [0.25, 0.3) is 0 Å². The molecular weight excluding hydrogens is 389 g/mol. The largest absolute Gasteiger partial charge is 0.478 e. The van der Waals surface area contributed by atoms with Crippen LogP contribution in [0.4, 0.5) is 27.6 Å². The van der Waals surface area contributed by atoms with Crippen molar-refractivity contribution < 1.29 is 31.9 Å². The van der Waals surface area contributed by atoms with Gasteiger partial charge in [-0.1, -0.05) is 15.9 Å². The Morgan fingerprint density at radius 1 is 1.04 bits per heavy atom. The molecule has 2 aromatic carbocycles. The molecule has 3 N–H and O–H groups in total. The van der Waals surface area contributed by atoms with Crippen LogP contribution >= 0.6 is 15.9 Å². The zero-order valence-electron chi connectivity index (χ0n) is 11.2. The van der Waals surface area contributed by atoms with Gasteiger partial charge in [-0.15, -0.1) is 0 Å². The third-order valence-electron chi connectivity index (χ3n) is 2.47. The Balaban J connectivity index is 0.000000253. The summed E-state index contributed by atoms with van der Waals surface area (Å²) in [7, 11) is 0. The number of anilines is 1. The van der Waals surface area contributed by atoms with Crippen molar-refractivity contribution in [3.63, 3.8) is 0 Å². The van der Waals surface area contributed by atoms with Crippen molar-refractivity contribution in [2.24, 2.45) is 0 Å². The third-order valence-corrected chi connectivity index (χ3v) is 3.12.